The molecule has 0 bridgehead atoms. The molecule has 6 nitrogen and oxygen atoms in total. The second-order valence-corrected chi connectivity index (χ2v) is 6.34. The fourth-order valence-corrected chi connectivity index (χ4v) is 3.10. The van der Waals surface area contributed by atoms with Gasteiger partial charge in [-0.05, 0) is 44.4 Å². The Morgan fingerprint density at radius 1 is 1.28 bits per heavy atom. The third kappa shape index (κ3) is 5.37. The maximum atomic E-state index is 12.2. The number of rotatable bonds is 8. The van der Waals surface area contributed by atoms with Gasteiger partial charge < -0.3 is 19.7 Å². The predicted molar refractivity (Wildman–Crippen MR) is 95.8 cm³/mol. The van der Waals surface area contributed by atoms with Crippen molar-refractivity contribution in [3.63, 3.8) is 0 Å². The van der Waals surface area contributed by atoms with Crippen molar-refractivity contribution in [3.8, 4) is 11.5 Å². The zero-order valence-corrected chi connectivity index (χ0v) is 15.3. The van der Waals surface area contributed by atoms with E-state index < -0.39 is 0 Å². The predicted octanol–water partition coefficient (Wildman–Crippen LogP) is 2.67. The van der Waals surface area contributed by atoms with E-state index in [0.29, 0.717) is 31.6 Å². The maximum absolute atomic E-state index is 12.2. The van der Waals surface area contributed by atoms with Crippen molar-refractivity contribution in [2.45, 2.75) is 45.1 Å². The van der Waals surface area contributed by atoms with Crippen LogP contribution in [0, 0.1) is 0 Å². The van der Waals surface area contributed by atoms with Gasteiger partial charge in [-0.2, -0.15) is 0 Å². The fraction of sp³-hybridized carbons (Fsp3) is 0.579. The third-order valence-electron chi connectivity index (χ3n) is 4.53. The van der Waals surface area contributed by atoms with Crippen molar-refractivity contribution in [2.75, 3.05) is 27.3 Å². The number of carbonyl (C=O) groups excluding carboxylic acids is 2. The second kappa shape index (κ2) is 9.30. The smallest absolute Gasteiger partial charge is 0.222 e. The molecule has 2 rings (SSSR count). The number of nitrogens with one attached hydrogen (secondary N) is 1. The highest BCUT2D eigenvalue weighted by atomic mass is 16.5. The lowest BCUT2D eigenvalue weighted by Gasteiger charge is -2.26. The van der Waals surface area contributed by atoms with Gasteiger partial charge in [0, 0.05) is 31.5 Å². The van der Waals surface area contributed by atoms with E-state index in [-0.39, 0.29) is 17.9 Å². The zero-order valence-electron chi connectivity index (χ0n) is 15.3. The van der Waals surface area contributed by atoms with Crippen LogP contribution in [0.15, 0.2) is 18.2 Å². The van der Waals surface area contributed by atoms with Crippen LogP contribution in [0.5, 0.6) is 11.5 Å². The largest absolute Gasteiger partial charge is 0.497 e. The maximum Gasteiger partial charge on any atom is 0.222 e. The van der Waals surface area contributed by atoms with E-state index in [1.807, 2.05) is 30.0 Å². The first kappa shape index (κ1) is 19.1. The van der Waals surface area contributed by atoms with Gasteiger partial charge >= 0.3 is 0 Å². The number of nitrogens with zero attached hydrogens (tertiary/aromatic N) is 1. The lowest BCUT2D eigenvalue weighted by atomic mass is 10.1. The Morgan fingerprint density at radius 3 is 2.76 bits per heavy atom. The number of hydrogen-bond acceptors (Lipinski definition) is 4. The van der Waals surface area contributed by atoms with Gasteiger partial charge in [0.2, 0.25) is 11.8 Å². The summed E-state index contributed by atoms with van der Waals surface area (Å²) in [6.45, 7) is 3.39. The molecule has 1 aliphatic heterocycles. The second-order valence-electron chi connectivity index (χ2n) is 6.34. The Bertz CT molecular complexity index is 603. The Morgan fingerprint density at radius 2 is 2.08 bits per heavy atom. The van der Waals surface area contributed by atoms with Gasteiger partial charge in [0.05, 0.1) is 20.3 Å². The first-order valence-electron chi connectivity index (χ1n) is 8.84. The molecule has 0 aliphatic carbocycles. The van der Waals surface area contributed by atoms with E-state index in [1.165, 1.54) is 0 Å². The molecule has 6 heteroatoms. The van der Waals surface area contributed by atoms with Gasteiger partial charge in [-0.25, -0.2) is 0 Å². The lowest BCUT2D eigenvalue weighted by molar-refractivity contribution is -0.133. The van der Waals surface area contributed by atoms with Gasteiger partial charge in [0.1, 0.15) is 11.5 Å². The Hall–Kier alpha value is -2.24. The quantitative estimate of drug-likeness (QED) is 0.784. The standard InChI is InChI=1S/C19H28N2O4/c1-14(16-13-15(24-2)9-10-17(16)25-3)20-18(22)7-6-12-21-11-5-4-8-19(21)23/h9-10,13-14H,4-8,11-12H2,1-3H3,(H,20,22). The Labute approximate surface area is 149 Å². The molecular weight excluding hydrogens is 320 g/mol. The summed E-state index contributed by atoms with van der Waals surface area (Å²) in [6, 6.07) is 5.34. The molecular formula is C19H28N2O4. The van der Waals surface area contributed by atoms with E-state index in [4.69, 9.17) is 9.47 Å². The molecule has 1 fully saturated rings. The molecule has 1 atom stereocenters. The molecule has 25 heavy (non-hydrogen) atoms. The normalized spacial score (nSPS) is 15.6. The summed E-state index contributed by atoms with van der Waals surface area (Å²) in [6.07, 6.45) is 3.76. The minimum Gasteiger partial charge on any atom is -0.497 e. The summed E-state index contributed by atoms with van der Waals surface area (Å²) in [4.78, 5) is 25.8. The van der Waals surface area contributed by atoms with E-state index >= 15 is 0 Å². The summed E-state index contributed by atoms with van der Waals surface area (Å²) in [5.74, 6) is 1.62. The summed E-state index contributed by atoms with van der Waals surface area (Å²) in [5, 5.41) is 2.99. The summed E-state index contributed by atoms with van der Waals surface area (Å²) < 4.78 is 10.6. The number of piperidine rings is 1. The molecule has 0 aromatic heterocycles. The third-order valence-corrected chi connectivity index (χ3v) is 4.53. The summed E-state index contributed by atoms with van der Waals surface area (Å²) >= 11 is 0. The minimum absolute atomic E-state index is 0.0261. The molecule has 0 radical (unpaired) electrons. The van der Waals surface area contributed by atoms with Gasteiger partial charge in [0.25, 0.3) is 0 Å². The minimum atomic E-state index is -0.186. The highest BCUT2D eigenvalue weighted by molar-refractivity contribution is 5.78. The molecule has 1 heterocycles. The number of amides is 2. The van der Waals surface area contributed by atoms with Crippen LogP contribution in [-0.4, -0.2) is 44.0 Å². The zero-order chi connectivity index (χ0) is 18.2. The van der Waals surface area contributed by atoms with E-state index in [1.54, 1.807) is 14.2 Å². The van der Waals surface area contributed by atoms with Crippen LogP contribution in [-0.2, 0) is 9.59 Å². The van der Waals surface area contributed by atoms with E-state index in [2.05, 4.69) is 5.32 Å². The van der Waals surface area contributed by atoms with E-state index in [0.717, 1.165) is 30.7 Å². The van der Waals surface area contributed by atoms with Gasteiger partial charge in [-0.1, -0.05) is 0 Å². The van der Waals surface area contributed by atoms with Crippen molar-refractivity contribution >= 4 is 11.8 Å². The van der Waals surface area contributed by atoms with Crippen LogP contribution in [0.2, 0.25) is 0 Å². The van der Waals surface area contributed by atoms with Gasteiger partial charge in [-0.15, -0.1) is 0 Å². The number of likely N-dealkylation sites (tertiary alicyclic amines) is 1. The fourth-order valence-electron chi connectivity index (χ4n) is 3.10. The molecule has 0 saturated carbocycles. The van der Waals surface area contributed by atoms with Gasteiger partial charge in [0.15, 0.2) is 0 Å². The molecule has 1 aliphatic rings. The first-order chi connectivity index (χ1) is 12.0. The molecule has 1 unspecified atom stereocenters. The van der Waals surface area contributed by atoms with Crippen molar-refractivity contribution in [2.24, 2.45) is 0 Å². The van der Waals surface area contributed by atoms with Crippen molar-refractivity contribution < 1.29 is 19.1 Å². The monoisotopic (exact) mass is 348 g/mol. The SMILES string of the molecule is COc1ccc(OC)c(C(C)NC(=O)CCCN2CCCCC2=O)c1. The molecule has 1 saturated heterocycles. The number of hydrogen-bond donors (Lipinski definition) is 1. The lowest BCUT2D eigenvalue weighted by Crippen LogP contribution is -2.36. The van der Waals surface area contributed by atoms with Crippen LogP contribution >= 0.6 is 0 Å². The summed E-state index contributed by atoms with van der Waals surface area (Å²) in [7, 11) is 3.21. The number of ether oxygens (including phenoxy) is 2. The average Bonchev–Trinajstić information content (AvgIpc) is 2.62. The van der Waals surface area contributed by atoms with Crippen LogP contribution in [0.25, 0.3) is 0 Å². The molecule has 1 aromatic carbocycles. The highest BCUT2D eigenvalue weighted by Gasteiger charge is 2.18. The highest BCUT2D eigenvalue weighted by Crippen LogP contribution is 2.29. The Balaban J connectivity index is 1.84. The summed E-state index contributed by atoms with van der Waals surface area (Å²) in [5.41, 5.74) is 0.876. The molecule has 1 aromatic rings. The van der Waals surface area contributed by atoms with E-state index in [9.17, 15) is 9.59 Å². The first-order valence-corrected chi connectivity index (χ1v) is 8.84. The number of carbonyl (C=O) groups is 2. The number of methoxy groups -OCH3 is 2. The van der Waals surface area contributed by atoms with Crippen molar-refractivity contribution in [1.82, 2.24) is 10.2 Å². The van der Waals surface area contributed by atoms with Gasteiger partial charge in [-0.3, -0.25) is 9.59 Å². The molecule has 1 N–H and O–H groups in total. The Kier molecular flexibility index (Phi) is 7.10. The average molecular weight is 348 g/mol. The topological polar surface area (TPSA) is 67.9 Å². The van der Waals surface area contributed by atoms with Crippen LogP contribution < -0.4 is 14.8 Å². The van der Waals surface area contributed by atoms with Crippen LogP contribution in [0.4, 0.5) is 0 Å². The van der Waals surface area contributed by atoms with Crippen molar-refractivity contribution in [3.05, 3.63) is 23.8 Å². The van der Waals surface area contributed by atoms with Crippen molar-refractivity contribution in [1.29, 1.82) is 0 Å². The molecule has 2 amide bonds. The van der Waals surface area contributed by atoms with Crippen LogP contribution in [0.1, 0.15) is 50.6 Å². The molecule has 0 spiro atoms. The molecule has 138 valence electrons. The van der Waals surface area contributed by atoms with Crippen LogP contribution in [0.3, 0.4) is 0 Å². The number of benzene rings is 1.